The fraction of sp³-hybridized carbons (Fsp3) is 0.545. The van der Waals surface area contributed by atoms with E-state index in [0.29, 0.717) is 0 Å². The van der Waals surface area contributed by atoms with Crippen LogP contribution in [0, 0.1) is 16.7 Å². The van der Waals surface area contributed by atoms with E-state index in [4.69, 9.17) is 11.5 Å². The van der Waals surface area contributed by atoms with Crippen molar-refractivity contribution in [1.29, 1.82) is 0 Å². The van der Waals surface area contributed by atoms with Crippen LogP contribution in [0.1, 0.15) is 70.5 Å². The number of fused-ring (bicyclic) bond motifs is 1. The van der Waals surface area contributed by atoms with Crippen molar-refractivity contribution in [1.82, 2.24) is 20.9 Å². The smallest absolute Gasteiger partial charge is 0.248 e. The Kier molecular flexibility index (Phi) is 9.68. The molecule has 44 heavy (non-hydrogen) atoms. The van der Waals surface area contributed by atoms with Crippen molar-refractivity contribution in [3.8, 4) is 0 Å². The number of allylic oxidation sites excluding steroid dienone is 1. The van der Waals surface area contributed by atoms with Crippen LogP contribution in [0.25, 0.3) is 0 Å². The topological polar surface area (TPSA) is 177 Å². The second-order valence-electron chi connectivity index (χ2n) is 13.4. The summed E-state index contributed by atoms with van der Waals surface area (Å²) in [5.74, 6) is -2.83. The maximum Gasteiger partial charge on any atom is 0.248 e. The molecule has 0 bridgehead atoms. The first-order valence-corrected chi connectivity index (χ1v) is 15.3. The number of likely N-dealkylation sites (tertiary alicyclic amines) is 1. The average molecular weight is 607 g/mol. The van der Waals surface area contributed by atoms with E-state index in [9.17, 15) is 24.0 Å². The molecule has 11 nitrogen and oxygen atoms in total. The Labute approximate surface area is 259 Å². The van der Waals surface area contributed by atoms with E-state index in [1.807, 2.05) is 39.0 Å². The zero-order valence-corrected chi connectivity index (χ0v) is 26.3. The normalized spacial score (nSPS) is 26.2. The number of benzene rings is 1. The number of rotatable bonds is 9. The van der Waals surface area contributed by atoms with Gasteiger partial charge in [0.1, 0.15) is 12.1 Å². The first-order valence-electron chi connectivity index (χ1n) is 15.3. The fourth-order valence-corrected chi connectivity index (χ4v) is 6.61. The Morgan fingerprint density at radius 1 is 1.09 bits per heavy atom. The van der Waals surface area contributed by atoms with E-state index in [2.05, 4.69) is 22.0 Å². The number of amides is 5. The quantitative estimate of drug-likeness (QED) is 0.284. The molecule has 4 rings (SSSR count). The highest BCUT2D eigenvalue weighted by molar-refractivity contribution is 5.97. The van der Waals surface area contributed by atoms with E-state index in [-0.39, 0.29) is 42.8 Å². The van der Waals surface area contributed by atoms with Crippen molar-refractivity contribution < 1.29 is 24.0 Å². The van der Waals surface area contributed by atoms with Crippen molar-refractivity contribution in [3.63, 3.8) is 0 Å². The van der Waals surface area contributed by atoms with Crippen LogP contribution >= 0.6 is 0 Å². The number of nitrogens with two attached hydrogens (primary N) is 2. The number of nitrogens with one attached hydrogen (secondary N) is 3. The predicted octanol–water partition coefficient (Wildman–Crippen LogP) is 1.38. The molecule has 0 aromatic heterocycles. The van der Waals surface area contributed by atoms with Crippen LogP contribution in [0.3, 0.4) is 0 Å². The third kappa shape index (κ3) is 6.57. The van der Waals surface area contributed by atoms with Gasteiger partial charge >= 0.3 is 0 Å². The summed E-state index contributed by atoms with van der Waals surface area (Å²) in [4.78, 5) is 67.8. The number of aryl methyl sites for hydroxylation is 1. The Balaban J connectivity index is 1.69. The molecule has 6 atom stereocenters. The maximum atomic E-state index is 14.4. The van der Waals surface area contributed by atoms with E-state index in [1.165, 1.54) is 16.5 Å². The monoisotopic (exact) mass is 606 g/mol. The molecule has 1 heterocycles. The van der Waals surface area contributed by atoms with Gasteiger partial charge in [-0.3, -0.25) is 24.0 Å². The Hall–Kier alpha value is -3.99. The van der Waals surface area contributed by atoms with Gasteiger partial charge in [0.25, 0.3) is 0 Å². The summed E-state index contributed by atoms with van der Waals surface area (Å²) in [6.07, 6.45) is 7.59. The Bertz CT molecular complexity index is 1380. The summed E-state index contributed by atoms with van der Waals surface area (Å²) in [5.41, 5.74) is 12.0. The Morgan fingerprint density at radius 2 is 1.80 bits per heavy atom. The number of hydrogen-bond donors (Lipinski definition) is 5. The van der Waals surface area contributed by atoms with Gasteiger partial charge in [0.15, 0.2) is 0 Å². The highest BCUT2D eigenvalue weighted by Crippen LogP contribution is 2.45. The third-order valence-electron chi connectivity index (χ3n) is 9.49. The lowest BCUT2D eigenvalue weighted by molar-refractivity contribution is -0.144. The van der Waals surface area contributed by atoms with E-state index in [0.717, 1.165) is 24.8 Å². The summed E-state index contributed by atoms with van der Waals surface area (Å²) < 4.78 is 0. The van der Waals surface area contributed by atoms with Gasteiger partial charge in [-0.25, -0.2) is 0 Å². The van der Waals surface area contributed by atoms with Crippen molar-refractivity contribution >= 4 is 29.5 Å². The molecular formula is C33H46N6O5. The number of carbonyl (C=O) groups is 5. The number of primary amides is 2. The van der Waals surface area contributed by atoms with Crippen molar-refractivity contribution in [2.75, 3.05) is 13.6 Å². The summed E-state index contributed by atoms with van der Waals surface area (Å²) in [6.45, 7) is 7.32. The Morgan fingerprint density at radius 3 is 2.39 bits per heavy atom. The van der Waals surface area contributed by atoms with Crippen LogP contribution < -0.4 is 27.4 Å². The lowest BCUT2D eigenvalue weighted by Gasteiger charge is -2.37. The highest BCUT2D eigenvalue weighted by Gasteiger charge is 2.53. The SMILES string of the molecule is CN[C@@H](C)C(=O)N[C@H](C(=O)N1C[C@H](C2(C(N)=O)C=CC(C(N)=O)=CC2)C[C@H]1C(=O)N[C@@H]1CCCc2ccccc21)C(C)(C)C. The molecule has 11 heteroatoms. The summed E-state index contributed by atoms with van der Waals surface area (Å²) in [6, 6.07) is 5.43. The van der Waals surface area contributed by atoms with Gasteiger partial charge in [0.2, 0.25) is 29.5 Å². The molecule has 0 saturated carbocycles. The van der Waals surface area contributed by atoms with Crippen LogP contribution in [-0.4, -0.2) is 66.2 Å². The van der Waals surface area contributed by atoms with E-state index in [1.54, 1.807) is 26.1 Å². The second-order valence-corrected chi connectivity index (χ2v) is 13.4. The summed E-state index contributed by atoms with van der Waals surface area (Å²) in [7, 11) is 1.66. The molecule has 2 aliphatic carbocycles. The first kappa shape index (κ1) is 32.9. The van der Waals surface area contributed by atoms with Crippen LogP contribution in [0.15, 0.2) is 48.1 Å². The summed E-state index contributed by atoms with van der Waals surface area (Å²) >= 11 is 0. The third-order valence-corrected chi connectivity index (χ3v) is 9.49. The van der Waals surface area contributed by atoms with Crippen molar-refractivity contribution in [3.05, 3.63) is 59.2 Å². The fourth-order valence-electron chi connectivity index (χ4n) is 6.61. The van der Waals surface area contributed by atoms with Gasteiger partial charge in [-0.15, -0.1) is 0 Å². The van der Waals surface area contributed by atoms with Gasteiger partial charge in [-0.2, -0.15) is 0 Å². The van der Waals surface area contributed by atoms with Crippen LogP contribution in [0.2, 0.25) is 0 Å². The minimum absolute atomic E-state index is 0.0647. The average Bonchev–Trinajstić information content (AvgIpc) is 3.45. The molecule has 0 radical (unpaired) electrons. The van der Waals surface area contributed by atoms with E-state index < -0.39 is 52.6 Å². The lowest BCUT2D eigenvalue weighted by Crippen LogP contribution is -2.59. The maximum absolute atomic E-state index is 14.4. The molecule has 0 spiro atoms. The van der Waals surface area contributed by atoms with Gasteiger partial charge < -0.3 is 32.3 Å². The van der Waals surface area contributed by atoms with E-state index >= 15 is 0 Å². The minimum Gasteiger partial charge on any atom is -0.369 e. The lowest BCUT2D eigenvalue weighted by atomic mass is 9.68. The van der Waals surface area contributed by atoms with Crippen LogP contribution in [-0.2, 0) is 30.4 Å². The molecule has 1 aromatic carbocycles. The molecule has 1 saturated heterocycles. The molecule has 5 amide bonds. The zero-order valence-electron chi connectivity index (χ0n) is 26.3. The second kappa shape index (κ2) is 12.9. The van der Waals surface area contributed by atoms with Crippen molar-refractivity contribution in [2.45, 2.75) is 84.0 Å². The van der Waals surface area contributed by atoms with Gasteiger partial charge in [0, 0.05) is 12.1 Å². The summed E-state index contributed by atoms with van der Waals surface area (Å²) in [5, 5.41) is 8.98. The minimum atomic E-state index is -1.23. The van der Waals surface area contributed by atoms with Gasteiger partial charge in [-0.05, 0) is 68.5 Å². The number of hydrogen-bond acceptors (Lipinski definition) is 6. The molecule has 1 aromatic rings. The van der Waals surface area contributed by atoms with Crippen molar-refractivity contribution in [2.24, 2.45) is 28.2 Å². The highest BCUT2D eigenvalue weighted by atomic mass is 16.2. The molecule has 7 N–H and O–H groups in total. The first-order chi connectivity index (χ1) is 20.7. The largest absolute Gasteiger partial charge is 0.369 e. The molecule has 1 fully saturated rings. The molecular weight excluding hydrogens is 560 g/mol. The molecule has 1 aliphatic heterocycles. The predicted molar refractivity (Wildman–Crippen MR) is 166 cm³/mol. The zero-order chi connectivity index (χ0) is 32.4. The number of nitrogens with zero attached hydrogens (tertiary/aromatic N) is 1. The molecule has 3 aliphatic rings. The van der Waals surface area contributed by atoms with Gasteiger partial charge in [-0.1, -0.05) is 63.3 Å². The number of likely N-dealkylation sites (N-methyl/N-ethyl adjacent to an activating group) is 1. The van der Waals surface area contributed by atoms with Gasteiger partial charge in [0.05, 0.1) is 17.5 Å². The number of carbonyl (C=O) groups excluding carboxylic acids is 5. The standard InChI is InChI=1S/C33H46N6O5/c1-19(36-5)28(41)38-26(32(2,3)4)30(43)39-18-22(33(31(35)44)15-13-21(14-16-33)27(34)40)17-25(39)29(42)37-24-12-8-10-20-9-6-7-11-23(20)24/h6-7,9,11,13-15,19,22,24-26,36H,8,10,12,16-18H2,1-5H3,(H2,34,40)(H2,35,44)(H,37,42)(H,38,41)/t19-,22+,24+,25-,26+,33?/m0/s1. The van der Waals surface area contributed by atoms with Crippen LogP contribution in [0.5, 0.6) is 0 Å². The molecule has 1 unspecified atom stereocenters. The van der Waals surface area contributed by atoms with Crippen LogP contribution in [0.4, 0.5) is 0 Å². The molecule has 238 valence electrons.